The number of hydrogen-bond donors (Lipinski definition) is 2. The molecule has 0 aliphatic heterocycles. The van der Waals surface area contributed by atoms with Crippen LogP contribution in [0.1, 0.15) is 17.7 Å². The first-order chi connectivity index (χ1) is 11.6. The fourth-order valence-electron chi connectivity index (χ4n) is 2.18. The highest BCUT2D eigenvalue weighted by atomic mass is 32.2. The fourth-order valence-corrected chi connectivity index (χ4v) is 2.60. The van der Waals surface area contributed by atoms with Gasteiger partial charge < -0.3 is 15.0 Å². The minimum Gasteiger partial charge on any atom is -0.492 e. The Bertz CT molecular complexity index is 732. The predicted octanol–water partition coefficient (Wildman–Crippen LogP) is 1.93. The van der Waals surface area contributed by atoms with E-state index in [-0.39, 0.29) is 17.9 Å². The van der Waals surface area contributed by atoms with Crippen LogP contribution < -0.4 is 15.6 Å². The molecular weight excluding hydrogens is 326 g/mol. The summed E-state index contributed by atoms with van der Waals surface area (Å²) in [6, 6.07) is 9.43. The lowest BCUT2D eigenvalue weighted by molar-refractivity contribution is -0.121. The minimum absolute atomic E-state index is 0.112. The monoisotopic (exact) mass is 347 g/mol. The fraction of sp³-hybridized carbons (Fsp3) is 0.353. The third-order valence-corrected chi connectivity index (χ3v) is 4.01. The largest absolute Gasteiger partial charge is 0.492 e. The van der Waals surface area contributed by atoms with Crippen LogP contribution in [-0.4, -0.2) is 35.3 Å². The van der Waals surface area contributed by atoms with E-state index in [1.807, 2.05) is 36.6 Å². The summed E-state index contributed by atoms with van der Waals surface area (Å²) in [5.74, 6) is 0.660. The van der Waals surface area contributed by atoms with Crippen molar-refractivity contribution in [2.24, 2.45) is 0 Å². The van der Waals surface area contributed by atoms with E-state index >= 15 is 0 Å². The van der Waals surface area contributed by atoms with Crippen molar-refractivity contribution >= 4 is 17.7 Å². The molecule has 0 radical (unpaired) electrons. The van der Waals surface area contributed by atoms with Crippen LogP contribution in [0.2, 0.25) is 0 Å². The van der Waals surface area contributed by atoms with Gasteiger partial charge in [0.15, 0.2) is 5.16 Å². The average molecular weight is 347 g/mol. The topological polar surface area (TPSA) is 84.1 Å². The first kappa shape index (κ1) is 18.1. The molecule has 24 heavy (non-hydrogen) atoms. The molecule has 1 amide bonds. The minimum atomic E-state index is -0.174. The van der Waals surface area contributed by atoms with Gasteiger partial charge >= 0.3 is 0 Å². The van der Waals surface area contributed by atoms with Crippen molar-refractivity contribution in [1.29, 1.82) is 0 Å². The van der Waals surface area contributed by atoms with Crippen molar-refractivity contribution in [3.05, 3.63) is 51.9 Å². The quantitative estimate of drug-likeness (QED) is 0.433. The van der Waals surface area contributed by atoms with Crippen molar-refractivity contribution in [2.45, 2.75) is 24.9 Å². The maximum atomic E-state index is 12.0. The van der Waals surface area contributed by atoms with Crippen LogP contribution in [-0.2, 0) is 11.2 Å². The SMILES string of the molecule is CSc1nc(C)c(CCC(=O)NCCOc2ccccc2)c(=O)[nH]1. The highest BCUT2D eigenvalue weighted by molar-refractivity contribution is 7.98. The van der Waals surface area contributed by atoms with Gasteiger partial charge in [0, 0.05) is 17.7 Å². The van der Waals surface area contributed by atoms with E-state index in [0.717, 1.165) is 5.75 Å². The standard InChI is InChI=1S/C17H21N3O3S/c1-12-14(16(22)20-17(19-12)24-2)8-9-15(21)18-10-11-23-13-6-4-3-5-7-13/h3-7H,8-11H2,1-2H3,(H,18,21)(H,19,20,22). The van der Waals surface area contributed by atoms with Crippen LogP contribution in [0.4, 0.5) is 0 Å². The molecule has 2 aromatic rings. The second-order valence-electron chi connectivity index (χ2n) is 5.15. The van der Waals surface area contributed by atoms with Crippen molar-refractivity contribution < 1.29 is 9.53 Å². The van der Waals surface area contributed by atoms with E-state index in [2.05, 4.69) is 15.3 Å². The van der Waals surface area contributed by atoms with Crippen molar-refractivity contribution in [3.8, 4) is 5.75 Å². The zero-order valence-electron chi connectivity index (χ0n) is 13.8. The molecule has 2 N–H and O–H groups in total. The molecule has 0 saturated carbocycles. The lowest BCUT2D eigenvalue weighted by Gasteiger charge is -2.08. The van der Waals surface area contributed by atoms with Gasteiger partial charge in [-0.2, -0.15) is 0 Å². The average Bonchev–Trinajstić information content (AvgIpc) is 2.58. The van der Waals surface area contributed by atoms with E-state index < -0.39 is 0 Å². The zero-order chi connectivity index (χ0) is 17.4. The molecule has 0 aliphatic carbocycles. The molecule has 0 atom stereocenters. The van der Waals surface area contributed by atoms with E-state index in [1.165, 1.54) is 11.8 Å². The lowest BCUT2D eigenvalue weighted by atomic mass is 10.1. The van der Waals surface area contributed by atoms with Crippen molar-refractivity contribution in [1.82, 2.24) is 15.3 Å². The summed E-state index contributed by atoms with van der Waals surface area (Å²) in [7, 11) is 0. The number of aromatic nitrogens is 2. The third-order valence-electron chi connectivity index (χ3n) is 3.43. The number of nitrogens with one attached hydrogen (secondary N) is 2. The number of amides is 1. The van der Waals surface area contributed by atoms with Crippen molar-refractivity contribution in [2.75, 3.05) is 19.4 Å². The molecule has 0 spiro atoms. The molecule has 0 aliphatic rings. The molecular formula is C17H21N3O3S. The van der Waals surface area contributed by atoms with Gasteiger partial charge in [0.25, 0.3) is 5.56 Å². The summed E-state index contributed by atoms with van der Waals surface area (Å²) in [6.45, 7) is 2.61. The van der Waals surface area contributed by atoms with Crippen LogP contribution >= 0.6 is 11.8 Å². The Morgan fingerprint density at radius 2 is 2.08 bits per heavy atom. The van der Waals surface area contributed by atoms with Gasteiger partial charge in [-0.1, -0.05) is 30.0 Å². The number of aryl methyl sites for hydroxylation is 1. The first-order valence-electron chi connectivity index (χ1n) is 7.68. The number of H-pyrrole nitrogens is 1. The Balaban J connectivity index is 1.74. The summed E-state index contributed by atoms with van der Waals surface area (Å²) >= 11 is 1.38. The summed E-state index contributed by atoms with van der Waals surface area (Å²) in [5, 5.41) is 3.37. The van der Waals surface area contributed by atoms with Gasteiger partial charge in [-0.05, 0) is 31.7 Å². The number of rotatable bonds is 8. The van der Waals surface area contributed by atoms with Crippen LogP contribution in [0.5, 0.6) is 5.75 Å². The van der Waals surface area contributed by atoms with Crippen LogP contribution in [0, 0.1) is 6.92 Å². The summed E-state index contributed by atoms with van der Waals surface area (Å²) in [6.07, 6.45) is 2.46. The predicted molar refractivity (Wildman–Crippen MR) is 94.6 cm³/mol. The number of thioether (sulfide) groups is 1. The molecule has 6 nitrogen and oxygen atoms in total. The van der Waals surface area contributed by atoms with Crippen LogP contribution in [0.25, 0.3) is 0 Å². The molecule has 7 heteroatoms. The molecule has 2 rings (SSSR count). The molecule has 1 aromatic carbocycles. The molecule has 0 saturated heterocycles. The van der Waals surface area contributed by atoms with Gasteiger partial charge in [-0.15, -0.1) is 0 Å². The highest BCUT2D eigenvalue weighted by Gasteiger charge is 2.10. The molecule has 128 valence electrons. The first-order valence-corrected chi connectivity index (χ1v) is 8.91. The van der Waals surface area contributed by atoms with Gasteiger partial charge in [-0.25, -0.2) is 4.98 Å². The van der Waals surface area contributed by atoms with Gasteiger partial charge in [0.2, 0.25) is 5.91 Å². The maximum Gasteiger partial charge on any atom is 0.254 e. The lowest BCUT2D eigenvalue weighted by Crippen LogP contribution is -2.29. The normalized spacial score (nSPS) is 10.4. The molecule has 0 bridgehead atoms. The number of hydrogen-bond acceptors (Lipinski definition) is 5. The molecule has 0 unspecified atom stereocenters. The highest BCUT2D eigenvalue weighted by Crippen LogP contribution is 2.09. The number of carbonyl (C=O) groups excluding carboxylic acids is 1. The second kappa shape index (κ2) is 9.12. The van der Waals surface area contributed by atoms with Gasteiger partial charge in [0.05, 0.1) is 6.54 Å². The van der Waals surface area contributed by atoms with Gasteiger partial charge in [0.1, 0.15) is 12.4 Å². The Hall–Kier alpha value is -2.28. The van der Waals surface area contributed by atoms with E-state index in [4.69, 9.17) is 4.74 Å². The van der Waals surface area contributed by atoms with E-state index in [1.54, 1.807) is 6.92 Å². The Morgan fingerprint density at radius 3 is 2.75 bits per heavy atom. The number of carbonyl (C=O) groups is 1. The van der Waals surface area contributed by atoms with E-state index in [9.17, 15) is 9.59 Å². The van der Waals surface area contributed by atoms with Gasteiger partial charge in [-0.3, -0.25) is 9.59 Å². The molecule has 1 heterocycles. The molecule has 0 fully saturated rings. The number of nitrogens with zero attached hydrogens (tertiary/aromatic N) is 1. The Morgan fingerprint density at radius 1 is 1.33 bits per heavy atom. The summed E-state index contributed by atoms with van der Waals surface area (Å²) in [5.41, 5.74) is 1.05. The van der Waals surface area contributed by atoms with Crippen LogP contribution in [0.3, 0.4) is 0 Å². The number of aromatic amines is 1. The number of benzene rings is 1. The Kier molecular flexibility index (Phi) is 6.87. The smallest absolute Gasteiger partial charge is 0.254 e. The van der Waals surface area contributed by atoms with Crippen molar-refractivity contribution in [3.63, 3.8) is 0 Å². The third kappa shape index (κ3) is 5.42. The zero-order valence-corrected chi connectivity index (χ0v) is 14.6. The second-order valence-corrected chi connectivity index (χ2v) is 5.95. The number of ether oxygens (including phenoxy) is 1. The van der Waals surface area contributed by atoms with E-state index in [0.29, 0.717) is 36.0 Å². The summed E-state index contributed by atoms with van der Waals surface area (Å²) < 4.78 is 5.50. The maximum absolute atomic E-state index is 12.0. The Labute approximate surface area is 145 Å². The summed E-state index contributed by atoms with van der Waals surface area (Å²) in [4.78, 5) is 30.9. The molecule has 1 aromatic heterocycles. The van der Waals surface area contributed by atoms with Crippen LogP contribution in [0.15, 0.2) is 40.3 Å². The number of para-hydroxylation sites is 1.